The Morgan fingerprint density at radius 1 is 1.25 bits per heavy atom. The van der Waals surface area contributed by atoms with Gasteiger partial charge in [0.25, 0.3) is 0 Å². The molecule has 3 heterocycles. The Kier molecular flexibility index (Phi) is 5.50. The molecule has 0 radical (unpaired) electrons. The molecule has 0 amide bonds. The number of piperazine rings is 1. The standard InChI is InChI=1S/C19H20ClN5O2S/c20-15-4-6-21-17-16(5-11-27-18(15)17)22-23-19(28)25-9-7-24(8-10-25)13-2-1-3-14(26)12-13/h1-4,6,12,26H,5,7-11H2,(H,23,28)/b22-16-. The number of nitrogens with one attached hydrogen (secondary N) is 1. The smallest absolute Gasteiger partial charge is 0.189 e. The van der Waals surface area contributed by atoms with E-state index in [9.17, 15) is 5.11 Å². The Balaban J connectivity index is 1.37. The zero-order valence-electron chi connectivity index (χ0n) is 15.1. The second-order valence-corrected chi connectivity index (χ2v) is 7.33. The van der Waals surface area contributed by atoms with E-state index in [4.69, 9.17) is 28.6 Å². The predicted molar refractivity (Wildman–Crippen MR) is 114 cm³/mol. The number of pyridine rings is 1. The van der Waals surface area contributed by atoms with Crippen LogP contribution in [0.4, 0.5) is 5.69 Å². The topological polar surface area (TPSA) is 73.2 Å². The van der Waals surface area contributed by atoms with Crippen LogP contribution >= 0.6 is 23.8 Å². The van der Waals surface area contributed by atoms with E-state index in [2.05, 4.69) is 25.3 Å². The number of hydrogen-bond donors (Lipinski definition) is 2. The molecule has 9 heteroatoms. The van der Waals surface area contributed by atoms with Crippen molar-refractivity contribution in [3.63, 3.8) is 0 Å². The first kappa shape index (κ1) is 18.8. The summed E-state index contributed by atoms with van der Waals surface area (Å²) in [6.07, 6.45) is 2.28. The van der Waals surface area contributed by atoms with Gasteiger partial charge in [-0.1, -0.05) is 17.7 Å². The van der Waals surface area contributed by atoms with Crippen molar-refractivity contribution in [1.82, 2.24) is 15.3 Å². The molecule has 1 fully saturated rings. The molecule has 2 N–H and O–H groups in total. The lowest BCUT2D eigenvalue weighted by atomic mass is 10.1. The van der Waals surface area contributed by atoms with Crippen LogP contribution in [-0.4, -0.2) is 58.6 Å². The lowest BCUT2D eigenvalue weighted by Crippen LogP contribution is -2.51. The maximum Gasteiger partial charge on any atom is 0.189 e. The van der Waals surface area contributed by atoms with Gasteiger partial charge in [-0.2, -0.15) is 5.10 Å². The van der Waals surface area contributed by atoms with E-state index in [0.29, 0.717) is 34.6 Å². The highest BCUT2D eigenvalue weighted by Crippen LogP contribution is 2.30. The molecular weight excluding hydrogens is 398 g/mol. The molecule has 0 unspecified atom stereocenters. The number of aromatic hydroxyl groups is 1. The van der Waals surface area contributed by atoms with Gasteiger partial charge in [0, 0.05) is 50.6 Å². The maximum absolute atomic E-state index is 9.66. The summed E-state index contributed by atoms with van der Waals surface area (Å²) in [5, 5.41) is 15.2. The third-order valence-electron chi connectivity index (χ3n) is 4.76. The highest BCUT2D eigenvalue weighted by atomic mass is 35.5. The molecule has 2 aliphatic heterocycles. The van der Waals surface area contributed by atoms with Crippen LogP contribution in [0.3, 0.4) is 0 Å². The van der Waals surface area contributed by atoms with E-state index in [1.165, 1.54) is 0 Å². The van der Waals surface area contributed by atoms with Crippen LogP contribution in [0.5, 0.6) is 11.5 Å². The number of anilines is 1. The zero-order chi connectivity index (χ0) is 19.5. The quantitative estimate of drug-likeness (QED) is 0.574. The average molecular weight is 418 g/mol. The Bertz CT molecular complexity index is 915. The summed E-state index contributed by atoms with van der Waals surface area (Å²) in [6, 6.07) is 9.00. The largest absolute Gasteiger partial charge is 0.508 e. The van der Waals surface area contributed by atoms with E-state index < -0.39 is 0 Å². The number of phenolic OH excluding ortho intramolecular Hbond substituents is 1. The number of halogens is 1. The number of benzene rings is 1. The lowest BCUT2D eigenvalue weighted by molar-refractivity contribution is 0.318. The van der Waals surface area contributed by atoms with E-state index in [1.807, 2.05) is 12.1 Å². The molecule has 0 saturated carbocycles. The summed E-state index contributed by atoms with van der Waals surface area (Å²) in [5.74, 6) is 0.847. The summed E-state index contributed by atoms with van der Waals surface area (Å²) >= 11 is 11.7. The molecule has 2 aliphatic rings. The van der Waals surface area contributed by atoms with Gasteiger partial charge in [0.05, 0.1) is 17.3 Å². The van der Waals surface area contributed by atoms with E-state index in [-0.39, 0.29) is 5.75 Å². The number of phenols is 1. The number of hydrazone groups is 1. The SMILES string of the molecule is Oc1cccc(N2CCN(C(=S)N/N=C3/CCOc4c(Cl)ccnc43)CC2)c1. The van der Waals surface area contributed by atoms with Crippen molar-refractivity contribution in [3.05, 3.63) is 47.2 Å². The van der Waals surface area contributed by atoms with Crippen LogP contribution in [-0.2, 0) is 0 Å². The molecule has 146 valence electrons. The summed E-state index contributed by atoms with van der Waals surface area (Å²) in [7, 11) is 0. The van der Waals surface area contributed by atoms with Crippen molar-refractivity contribution in [1.29, 1.82) is 0 Å². The summed E-state index contributed by atoms with van der Waals surface area (Å²) in [5.41, 5.74) is 5.45. The Hall–Kier alpha value is -2.58. The normalized spacial score (nSPS) is 17.8. The molecule has 7 nitrogen and oxygen atoms in total. The first-order valence-electron chi connectivity index (χ1n) is 9.05. The zero-order valence-corrected chi connectivity index (χ0v) is 16.7. The molecule has 0 spiro atoms. The molecule has 2 aromatic rings. The van der Waals surface area contributed by atoms with Crippen molar-refractivity contribution < 1.29 is 9.84 Å². The third-order valence-corrected chi connectivity index (χ3v) is 5.41. The second-order valence-electron chi connectivity index (χ2n) is 6.54. The average Bonchev–Trinajstić information content (AvgIpc) is 2.72. The Morgan fingerprint density at radius 3 is 2.86 bits per heavy atom. The van der Waals surface area contributed by atoms with Gasteiger partial charge in [0.15, 0.2) is 10.9 Å². The molecule has 28 heavy (non-hydrogen) atoms. The highest BCUT2D eigenvalue weighted by Gasteiger charge is 2.22. The fourth-order valence-electron chi connectivity index (χ4n) is 3.29. The minimum absolute atomic E-state index is 0.276. The number of thiocarbonyl (C=S) groups is 1. The van der Waals surface area contributed by atoms with Gasteiger partial charge in [0.1, 0.15) is 11.4 Å². The number of hydrogen-bond acceptors (Lipinski definition) is 6. The summed E-state index contributed by atoms with van der Waals surface area (Å²) in [4.78, 5) is 8.65. The Labute approximate surface area is 173 Å². The van der Waals surface area contributed by atoms with Crippen LogP contribution in [0.15, 0.2) is 41.6 Å². The van der Waals surface area contributed by atoms with Gasteiger partial charge in [-0.15, -0.1) is 0 Å². The monoisotopic (exact) mass is 417 g/mol. The van der Waals surface area contributed by atoms with Crippen LogP contribution in [0.1, 0.15) is 12.1 Å². The van der Waals surface area contributed by atoms with Crippen LogP contribution in [0, 0.1) is 0 Å². The van der Waals surface area contributed by atoms with Crippen molar-refractivity contribution in [3.8, 4) is 11.5 Å². The molecule has 0 atom stereocenters. The molecule has 0 aliphatic carbocycles. The van der Waals surface area contributed by atoms with Gasteiger partial charge in [0.2, 0.25) is 0 Å². The summed E-state index contributed by atoms with van der Waals surface area (Å²) in [6.45, 7) is 3.69. The van der Waals surface area contributed by atoms with Gasteiger partial charge in [-0.05, 0) is 30.4 Å². The Morgan fingerprint density at radius 2 is 2.07 bits per heavy atom. The van der Waals surface area contributed by atoms with E-state index in [0.717, 1.165) is 37.6 Å². The van der Waals surface area contributed by atoms with E-state index in [1.54, 1.807) is 24.4 Å². The fourth-order valence-corrected chi connectivity index (χ4v) is 3.72. The minimum atomic E-state index is 0.276. The van der Waals surface area contributed by atoms with Crippen molar-refractivity contribution in [2.24, 2.45) is 5.10 Å². The van der Waals surface area contributed by atoms with Gasteiger partial charge < -0.3 is 19.6 Å². The number of nitrogens with zero attached hydrogens (tertiary/aromatic N) is 4. The third kappa shape index (κ3) is 3.98. The number of fused-ring (bicyclic) bond motifs is 1. The van der Waals surface area contributed by atoms with Crippen molar-refractivity contribution >= 4 is 40.3 Å². The first-order chi connectivity index (χ1) is 13.6. The van der Waals surface area contributed by atoms with Gasteiger partial charge in [-0.25, -0.2) is 0 Å². The van der Waals surface area contributed by atoms with Gasteiger partial charge in [-0.3, -0.25) is 10.4 Å². The van der Waals surface area contributed by atoms with Crippen LogP contribution in [0.2, 0.25) is 5.02 Å². The number of aromatic nitrogens is 1. The van der Waals surface area contributed by atoms with Crippen molar-refractivity contribution in [2.75, 3.05) is 37.7 Å². The molecule has 1 aromatic heterocycles. The number of rotatable bonds is 2. The summed E-state index contributed by atoms with van der Waals surface area (Å²) < 4.78 is 5.60. The minimum Gasteiger partial charge on any atom is -0.508 e. The first-order valence-corrected chi connectivity index (χ1v) is 9.83. The fraction of sp³-hybridized carbons (Fsp3) is 0.316. The molecular formula is C19H20ClN5O2S. The van der Waals surface area contributed by atoms with E-state index >= 15 is 0 Å². The maximum atomic E-state index is 9.66. The highest BCUT2D eigenvalue weighted by molar-refractivity contribution is 7.80. The predicted octanol–water partition coefficient (Wildman–Crippen LogP) is 2.62. The van der Waals surface area contributed by atoms with Crippen LogP contribution < -0.4 is 15.1 Å². The lowest BCUT2D eigenvalue weighted by Gasteiger charge is -2.37. The molecule has 1 aromatic carbocycles. The van der Waals surface area contributed by atoms with Crippen molar-refractivity contribution in [2.45, 2.75) is 6.42 Å². The van der Waals surface area contributed by atoms with Gasteiger partial charge >= 0.3 is 0 Å². The molecule has 0 bridgehead atoms. The number of ether oxygens (including phenoxy) is 1. The van der Waals surface area contributed by atoms with Crippen LogP contribution in [0.25, 0.3) is 0 Å². The molecule has 1 saturated heterocycles. The second kappa shape index (κ2) is 8.20. The molecule has 4 rings (SSSR count).